The van der Waals surface area contributed by atoms with Gasteiger partial charge in [-0.05, 0) is 49.4 Å². The SMILES string of the molecule is Cc1cc(C)cc(-n2ncc3c(=O)n(CC(=O)N(CC(C)C)C4CCS(=O)(=O)C4)cnc32)c1. The summed E-state index contributed by atoms with van der Waals surface area (Å²) in [6.07, 6.45) is 3.26. The third-order valence-electron chi connectivity index (χ3n) is 5.84. The fourth-order valence-electron chi connectivity index (χ4n) is 4.43. The first-order valence-electron chi connectivity index (χ1n) is 11.1. The van der Waals surface area contributed by atoms with Gasteiger partial charge in [-0.25, -0.2) is 18.1 Å². The van der Waals surface area contributed by atoms with E-state index in [9.17, 15) is 18.0 Å². The number of aryl methyl sites for hydroxylation is 2. The Labute approximate surface area is 193 Å². The molecule has 0 aliphatic carbocycles. The Bertz CT molecular complexity index is 1350. The highest BCUT2D eigenvalue weighted by molar-refractivity contribution is 7.91. The molecular formula is C23H29N5O4S. The smallest absolute Gasteiger partial charge is 0.264 e. The maximum atomic E-state index is 13.2. The fourth-order valence-corrected chi connectivity index (χ4v) is 6.16. The Hall–Kier alpha value is -3.01. The summed E-state index contributed by atoms with van der Waals surface area (Å²) in [5.74, 6) is -0.0494. The first-order valence-corrected chi connectivity index (χ1v) is 12.9. The Morgan fingerprint density at radius 3 is 2.52 bits per heavy atom. The van der Waals surface area contributed by atoms with Crippen LogP contribution in [-0.2, 0) is 21.2 Å². The molecule has 3 aromatic rings. The molecule has 1 aliphatic heterocycles. The average molecular weight is 472 g/mol. The molecule has 3 heterocycles. The van der Waals surface area contributed by atoms with Gasteiger partial charge in [0, 0.05) is 12.6 Å². The second kappa shape index (κ2) is 8.74. The lowest BCUT2D eigenvalue weighted by molar-refractivity contribution is -0.134. The molecule has 1 saturated heterocycles. The zero-order valence-electron chi connectivity index (χ0n) is 19.4. The molecule has 2 aromatic heterocycles. The molecule has 176 valence electrons. The van der Waals surface area contributed by atoms with Crippen LogP contribution in [0.1, 0.15) is 31.4 Å². The molecular weight excluding hydrogens is 442 g/mol. The number of aromatic nitrogens is 4. The van der Waals surface area contributed by atoms with E-state index in [1.54, 1.807) is 9.58 Å². The van der Waals surface area contributed by atoms with Crippen molar-refractivity contribution in [3.05, 3.63) is 52.2 Å². The van der Waals surface area contributed by atoms with E-state index < -0.39 is 9.84 Å². The molecule has 1 atom stereocenters. The van der Waals surface area contributed by atoms with E-state index in [-0.39, 0.29) is 41.5 Å². The van der Waals surface area contributed by atoms with Crippen LogP contribution in [0.5, 0.6) is 0 Å². The highest BCUT2D eigenvalue weighted by atomic mass is 32.2. The molecule has 1 aromatic carbocycles. The van der Waals surface area contributed by atoms with Crippen molar-refractivity contribution in [3.8, 4) is 5.69 Å². The quantitative estimate of drug-likeness (QED) is 0.543. The van der Waals surface area contributed by atoms with Crippen LogP contribution in [0.2, 0.25) is 0 Å². The molecule has 0 N–H and O–H groups in total. The van der Waals surface area contributed by atoms with Gasteiger partial charge in [-0.15, -0.1) is 0 Å². The number of rotatable bonds is 6. The zero-order chi connectivity index (χ0) is 23.9. The second-order valence-corrected chi connectivity index (χ2v) is 11.5. The van der Waals surface area contributed by atoms with Crippen molar-refractivity contribution in [1.29, 1.82) is 0 Å². The number of sulfone groups is 1. The van der Waals surface area contributed by atoms with Gasteiger partial charge in [-0.2, -0.15) is 5.10 Å². The van der Waals surface area contributed by atoms with Crippen molar-refractivity contribution in [2.45, 2.75) is 46.7 Å². The minimum atomic E-state index is -3.14. The van der Waals surface area contributed by atoms with E-state index in [1.165, 1.54) is 17.1 Å². The van der Waals surface area contributed by atoms with Crippen molar-refractivity contribution < 1.29 is 13.2 Å². The Kier molecular flexibility index (Phi) is 6.13. The van der Waals surface area contributed by atoms with Crippen LogP contribution in [0.25, 0.3) is 16.7 Å². The number of amides is 1. The van der Waals surface area contributed by atoms with Crippen molar-refractivity contribution >= 4 is 26.8 Å². The van der Waals surface area contributed by atoms with Crippen LogP contribution >= 0.6 is 0 Å². The van der Waals surface area contributed by atoms with E-state index in [1.807, 2.05) is 39.8 Å². The summed E-state index contributed by atoms with van der Waals surface area (Å²) in [7, 11) is -3.14. The van der Waals surface area contributed by atoms with Gasteiger partial charge in [0.2, 0.25) is 5.91 Å². The molecule has 1 fully saturated rings. The minimum absolute atomic E-state index is 0.0275. The second-order valence-electron chi connectivity index (χ2n) is 9.31. The van der Waals surface area contributed by atoms with Crippen molar-refractivity contribution in [3.63, 3.8) is 0 Å². The summed E-state index contributed by atoms with van der Waals surface area (Å²) in [4.78, 5) is 32.3. The van der Waals surface area contributed by atoms with Crippen LogP contribution in [0.4, 0.5) is 0 Å². The maximum Gasteiger partial charge on any atom is 0.264 e. The summed E-state index contributed by atoms with van der Waals surface area (Å²) in [5, 5.41) is 4.68. The number of carbonyl (C=O) groups is 1. The summed E-state index contributed by atoms with van der Waals surface area (Å²) in [6.45, 7) is 8.18. The van der Waals surface area contributed by atoms with Crippen LogP contribution in [0, 0.1) is 19.8 Å². The monoisotopic (exact) mass is 471 g/mol. The summed E-state index contributed by atoms with van der Waals surface area (Å²) < 4.78 is 26.8. The van der Waals surface area contributed by atoms with Gasteiger partial charge in [0.05, 0.1) is 23.4 Å². The number of hydrogen-bond donors (Lipinski definition) is 0. The van der Waals surface area contributed by atoms with E-state index in [4.69, 9.17) is 0 Å². The molecule has 1 amide bonds. The molecule has 33 heavy (non-hydrogen) atoms. The normalized spacial score (nSPS) is 17.7. The predicted molar refractivity (Wildman–Crippen MR) is 126 cm³/mol. The van der Waals surface area contributed by atoms with Gasteiger partial charge in [0.1, 0.15) is 18.3 Å². The molecule has 4 rings (SSSR count). The van der Waals surface area contributed by atoms with E-state index in [2.05, 4.69) is 16.1 Å². The van der Waals surface area contributed by atoms with Crippen LogP contribution in [0.3, 0.4) is 0 Å². The van der Waals surface area contributed by atoms with Gasteiger partial charge >= 0.3 is 0 Å². The van der Waals surface area contributed by atoms with Crippen LogP contribution < -0.4 is 5.56 Å². The number of carbonyl (C=O) groups excluding carboxylic acids is 1. The van der Waals surface area contributed by atoms with Crippen LogP contribution in [-0.4, -0.2) is 62.6 Å². The minimum Gasteiger partial charge on any atom is -0.337 e. The largest absolute Gasteiger partial charge is 0.337 e. The predicted octanol–water partition coefficient (Wildman–Crippen LogP) is 1.87. The highest BCUT2D eigenvalue weighted by Gasteiger charge is 2.35. The van der Waals surface area contributed by atoms with Gasteiger partial charge in [0.15, 0.2) is 15.5 Å². The number of hydrogen-bond acceptors (Lipinski definition) is 6. The average Bonchev–Trinajstić information content (AvgIpc) is 3.30. The topological polar surface area (TPSA) is 107 Å². The molecule has 0 saturated carbocycles. The zero-order valence-corrected chi connectivity index (χ0v) is 20.2. The van der Waals surface area contributed by atoms with E-state index >= 15 is 0 Å². The van der Waals surface area contributed by atoms with Crippen molar-refractivity contribution in [2.24, 2.45) is 5.92 Å². The third kappa shape index (κ3) is 4.85. The molecule has 0 spiro atoms. The number of nitrogens with zero attached hydrogens (tertiary/aromatic N) is 5. The number of benzene rings is 1. The molecule has 9 nitrogen and oxygen atoms in total. The fraction of sp³-hybridized carbons (Fsp3) is 0.478. The lowest BCUT2D eigenvalue weighted by atomic mass is 10.1. The maximum absolute atomic E-state index is 13.2. The number of fused-ring (bicyclic) bond motifs is 1. The lowest BCUT2D eigenvalue weighted by Crippen LogP contribution is -2.45. The van der Waals surface area contributed by atoms with Crippen molar-refractivity contribution in [2.75, 3.05) is 18.1 Å². The van der Waals surface area contributed by atoms with Crippen molar-refractivity contribution in [1.82, 2.24) is 24.2 Å². The standard InChI is InChI=1S/C23H29N5O4S/c1-15(2)11-27(18-5-6-33(31,32)13-18)21(29)12-26-14-24-22-20(23(26)30)10-25-28(22)19-8-16(3)7-17(4)9-19/h7-10,14-15,18H,5-6,11-13H2,1-4H3. The molecule has 0 radical (unpaired) electrons. The first kappa shape index (κ1) is 23.2. The van der Waals surface area contributed by atoms with E-state index in [0.717, 1.165) is 16.8 Å². The first-order chi connectivity index (χ1) is 15.5. The van der Waals surface area contributed by atoms with Crippen LogP contribution in [0.15, 0.2) is 35.5 Å². The van der Waals surface area contributed by atoms with E-state index in [0.29, 0.717) is 24.0 Å². The Balaban J connectivity index is 1.64. The third-order valence-corrected chi connectivity index (χ3v) is 7.59. The Morgan fingerprint density at radius 1 is 1.21 bits per heavy atom. The molecule has 1 unspecified atom stereocenters. The lowest BCUT2D eigenvalue weighted by Gasteiger charge is -2.30. The van der Waals surface area contributed by atoms with Gasteiger partial charge < -0.3 is 4.90 Å². The van der Waals surface area contributed by atoms with Gasteiger partial charge in [0.25, 0.3) is 5.56 Å². The molecule has 10 heteroatoms. The molecule has 1 aliphatic rings. The summed E-state index contributed by atoms with van der Waals surface area (Å²) in [6, 6.07) is 5.63. The van der Waals surface area contributed by atoms with Gasteiger partial charge in [-0.3, -0.25) is 14.2 Å². The summed E-state index contributed by atoms with van der Waals surface area (Å²) >= 11 is 0. The highest BCUT2D eigenvalue weighted by Crippen LogP contribution is 2.20. The Morgan fingerprint density at radius 2 is 1.91 bits per heavy atom. The summed E-state index contributed by atoms with van der Waals surface area (Å²) in [5.41, 5.74) is 3.04. The van der Waals surface area contributed by atoms with Gasteiger partial charge in [-0.1, -0.05) is 19.9 Å². The molecule has 0 bridgehead atoms.